The molecule has 0 spiro atoms. The van der Waals surface area contributed by atoms with Gasteiger partial charge in [-0.3, -0.25) is 4.79 Å². The largest absolute Gasteiger partial charge is 0.497 e. The molecule has 1 saturated heterocycles. The highest BCUT2D eigenvalue weighted by molar-refractivity contribution is 5.94. The predicted molar refractivity (Wildman–Crippen MR) is 97.8 cm³/mol. The number of allylic oxidation sites excluding steroid dienone is 1. The van der Waals surface area contributed by atoms with E-state index < -0.39 is 0 Å². The van der Waals surface area contributed by atoms with Gasteiger partial charge in [-0.1, -0.05) is 0 Å². The molecule has 0 bridgehead atoms. The van der Waals surface area contributed by atoms with Crippen LogP contribution in [0.5, 0.6) is 5.75 Å². The van der Waals surface area contributed by atoms with E-state index in [4.69, 9.17) is 9.47 Å². The number of benzene rings is 1. The molecule has 0 unspecified atom stereocenters. The number of amides is 1. The van der Waals surface area contributed by atoms with E-state index in [2.05, 4.69) is 11.4 Å². The zero-order valence-electron chi connectivity index (χ0n) is 14.9. The third-order valence-electron chi connectivity index (χ3n) is 4.85. The second-order valence-electron chi connectivity index (χ2n) is 6.64. The van der Waals surface area contributed by atoms with Crippen molar-refractivity contribution >= 4 is 5.91 Å². The quantitative estimate of drug-likeness (QED) is 0.862. The van der Waals surface area contributed by atoms with Crippen molar-refractivity contribution in [1.29, 1.82) is 0 Å². The van der Waals surface area contributed by atoms with Gasteiger partial charge in [-0.25, -0.2) is 0 Å². The monoisotopic (exact) mass is 344 g/mol. The fourth-order valence-electron chi connectivity index (χ4n) is 3.36. The van der Waals surface area contributed by atoms with Crippen molar-refractivity contribution in [2.45, 2.75) is 44.8 Å². The van der Waals surface area contributed by atoms with Crippen molar-refractivity contribution in [3.05, 3.63) is 42.2 Å². The molecule has 0 aromatic heterocycles. The summed E-state index contributed by atoms with van der Waals surface area (Å²) in [6.45, 7) is 5.08. The molecule has 3 rings (SSSR count). The minimum atomic E-state index is 0.113. The van der Waals surface area contributed by atoms with E-state index in [1.807, 2.05) is 42.4 Å². The Morgan fingerprint density at radius 2 is 2.00 bits per heavy atom. The van der Waals surface area contributed by atoms with Crippen molar-refractivity contribution in [3.63, 3.8) is 0 Å². The summed E-state index contributed by atoms with van der Waals surface area (Å²) in [7, 11) is 0. The van der Waals surface area contributed by atoms with Gasteiger partial charge in [0.05, 0.1) is 12.9 Å². The molecule has 136 valence electrons. The number of hydrogen-bond acceptors (Lipinski definition) is 4. The Hall–Kier alpha value is -2.01. The van der Waals surface area contributed by atoms with Crippen LogP contribution in [0, 0.1) is 0 Å². The maximum Gasteiger partial charge on any atom is 0.253 e. The lowest BCUT2D eigenvalue weighted by Gasteiger charge is -2.33. The van der Waals surface area contributed by atoms with Gasteiger partial charge in [-0.2, -0.15) is 0 Å². The lowest BCUT2D eigenvalue weighted by molar-refractivity contribution is 0.0691. The molecule has 25 heavy (non-hydrogen) atoms. The fourth-order valence-corrected chi connectivity index (χ4v) is 3.36. The van der Waals surface area contributed by atoms with Crippen LogP contribution in [-0.2, 0) is 4.74 Å². The summed E-state index contributed by atoms with van der Waals surface area (Å²) in [5, 5.41) is 3.60. The van der Waals surface area contributed by atoms with Gasteiger partial charge < -0.3 is 19.7 Å². The Balaban J connectivity index is 1.43. The van der Waals surface area contributed by atoms with Crippen LogP contribution in [0.4, 0.5) is 0 Å². The minimum Gasteiger partial charge on any atom is -0.497 e. The average Bonchev–Trinajstić information content (AvgIpc) is 2.68. The Kier molecular flexibility index (Phi) is 6.34. The highest BCUT2D eigenvalue weighted by atomic mass is 16.5. The Morgan fingerprint density at radius 3 is 2.64 bits per heavy atom. The number of rotatable bonds is 6. The van der Waals surface area contributed by atoms with Crippen molar-refractivity contribution < 1.29 is 14.3 Å². The van der Waals surface area contributed by atoms with Gasteiger partial charge in [0.25, 0.3) is 5.91 Å². The van der Waals surface area contributed by atoms with E-state index in [-0.39, 0.29) is 12.0 Å². The summed E-state index contributed by atoms with van der Waals surface area (Å²) in [5.41, 5.74) is 0.734. The highest BCUT2D eigenvalue weighted by Gasteiger charge is 2.24. The molecule has 0 aliphatic carbocycles. The van der Waals surface area contributed by atoms with Crippen LogP contribution in [0.2, 0.25) is 0 Å². The third-order valence-corrected chi connectivity index (χ3v) is 4.85. The summed E-state index contributed by atoms with van der Waals surface area (Å²) < 4.78 is 11.0. The van der Waals surface area contributed by atoms with Crippen molar-refractivity contribution in [1.82, 2.24) is 10.2 Å². The first kappa shape index (κ1) is 17.8. The van der Waals surface area contributed by atoms with Gasteiger partial charge in [-0.05, 0) is 62.9 Å². The first-order chi connectivity index (χ1) is 12.3. The smallest absolute Gasteiger partial charge is 0.253 e. The first-order valence-corrected chi connectivity index (χ1v) is 9.32. The molecule has 5 nitrogen and oxygen atoms in total. The van der Waals surface area contributed by atoms with E-state index in [1.54, 1.807) is 0 Å². The molecule has 1 fully saturated rings. The van der Waals surface area contributed by atoms with E-state index in [9.17, 15) is 4.79 Å². The number of carbonyl (C=O) groups is 1. The zero-order chi connectivity index (χ0) is 17.5. The lowest BCUT2D eigenvalue weighted by atomic mass is 10.0. The average molecular weight is 344 g/mol. The molecule has 1 amide bonds. The summed E-state index contributed by atoms with van der Waals surface area (Å²) in [4.78, 5) is 14.6. The van der Waals surface area contributed by atoms with Gasteiger partial charge >= 0.3 is 0 Å². The van der Waals surface area contributed by atoms with Gasteiger partial charge in [-0.15, -0.1) is 0 Å². The number of nitrogens with zero attached hydrogens (tertiary/aromatic N) is 1. The van der Waals surface area contributed by atoms with Crippen LogP contribution >= 0.6 is 0 Å². The molecule has 5 heteroatoms. The Bertz CT molecular complexity index is 577. The third kappa shape index (κ3) is 4.98. The van der Waals surface area contributed by atoms with Gasteiger partial charge in [0.2, 0.25) is 0 Å². The van der Waals surface area contributed by atoms with Crippen LogP contribution in [0.3, 0.4) is 0 Å². The van der Waals surface area contributed by atoms with Crippen LogP contribution in [0.1, 0.15) is 43.0 Å². The van der Waals surface area contributed by atoms with Gasteiger partial charge in [0.1, 0.15) is 11.9 Å². The Labute approximate surface area is 150 Å². The predicted octanol–water partition coefficient (Wildman–Crippen LogP) is 2.97. The summed E-state index contributed by atoms with van der Waals surface area (Å²) >= 11 is 0. The molecular weight excluding hydrogens is 316 g/mol. The van der Waals surface area contributed by atoms with E-state index in [0.717, 1.165) is 56.6 Å². The summed E-state index contributed by atoms with van der Waals surface area (Å²) in [6.07, 6.45) is 8.33. The molecular formula is C20H28N2O3. The second-order valence-corrected chi connectivity index (χ2v) is 6.64. The number of likely N-dealkylation sites (tertiary alicyclic amines) is 1. The van der Waals surface area contributed by atoms with Crippen LogP contribution in [0.15, 0.2) is 36.6 Å². The van der Waals surface area contributed by atoms with Crippen molar-refractivity contribution in [2.24, 2.45) is 0 Å². The first-order valence-electron chi connectivity index (χ1n) is 9.32. The number of carbonyl (C=O) groups excluding carboxylic acids is 1. The van der Waals surface area contributed by atoms with E-state index in [1.165, 1.54) is 0 Å². The van der Waals surface area contributed by atoms with Crippen LogP contribution in [-0.4, -0.2) is 49.2 Å². The van der Waals surface area contributed by atoms with Crippen molar-refractivity contribution in [3.8, 4) is 5.75 Å². The van der Waals surface area contributed by atoms with E-state index in [0.29, 0.717) is 12.6 Å². The molecule has 2 aliphatic rings. The van der Waals surface area contributed by atoms with Crippen molar-refractivity contribution in [2.75, 3.05) is 26.2 Å². The molecule has 2 heterocycles. The molecule has 0 saturated carbocycles. The minimum absolute atomic E-state index is 0.113. The molecule has 1 atom stereocenters. The molecule has 2 aliphatic heterocycles. The summed E-state index contributed by atoms with van der Waals surface area (Å²) in [6, 6.07) is 7.91. The number of piperidine rings is 1. The molecule has 0 radical (unpaired) electrons. The lowest BCUT2D eigenvalue weighted by Crippen LogP contribution is -2.46. The number of hydrogen-bond donors (Lipinski definition) is 1. The fraction of sp³-hybridized carbons (Fsp3) is 0.550. The topological polar surface area (TPSA) is 50.8 Å². The summed E-state index contributed by atoms with van der Waals surface area (Å²) in [5.74, 6) is 0.920. The standard InChI is InChI=1S/C20H28N2O3/c1-2-24-18-8-6-16(7-9-18)20(23)22-12-10-17(11-13-22)21-15-19-5-3-4-14-25-19/h4,6-9,14,17,19,21H,2-3,5,10-13,15H2,1H3/t19-/m0/s1. The van der Waals surface area contributed by atoms with Crippen LogP contribution in [0.25, 0.3) is 0 Å². The molecule has 1 aromatic carbocycles. The number of nitrogens with one attached hydrogen (secondary N) is 1. The maximum absolute atomic E-state index is 12.6. The van der Waals surface area contributed by atoms with Crippen LogP contribution < -0.4 is 10.1 Å². The second kappa shape index (κ2) is 8.90. The normalized spacial score (nSPS) is 21.0. The molecule has 1 aromatic rings. The zero-order valence-corrected chi connectivity index (χ0v) is 14.9. The maximum atomic E-state index is 12.6. The molecule has 1 N–H and O–H groups in total. The Morgan fingerprint density at radius 1 is 1.24 bits per heavy atom. The van der Waals surface area contributed by atoms with Gasteiger partial charge in [0.15, 0.2) is 0 Å². The number of ether oxygens (including phenoxy) is 2. The highest BCUT2D eigenvalue weighted by Crippen LogP contribution is 2.17. The van der Waals surface area contributed by atoms with Gasteiger partial charge in [0, 0.05) is 31.2 Å². The van der Waals surface area contributed by atoms with E-state index >= 15 is 0 Å². The SMILES string of the molecule is CCOc1ccc(C(=O)N2CCC(NC[C@@H]3CCC=CO3)CC2)cc1.